The molecule has 1 heterocycles. The Hall–Kier alpha value is -0.960. The highest BCUT2D eigenvalue weighted by molar-refractivity contribution is 7.80. The zero-order valence-corrected chi connectivity index (χ0v) is 6.48. The molecule has 0 atom stereocenters. The highest BCUT2D eigenvalue weighted by atomic mass is 32.1. The van der Waals surface area contributed by atoms with E-state index in [1.165, 1.54) is 18.3 Å². The van der Waals surface area contributed by atoms with Gasteiger partial charge in [-0.15, -0.1) is 0 Å². The maximum Gasteiger partial charge on any atom is 0.104 e. The Morgan fingerprint density at radius 2 is 2.82 bits per heavy atom. The smallest absolute Gasteiger partial charge is 0.104 e. The van der Waals surface area contributed by atoms with Crippen molar-refractivity contribution in [2.24, 2.45) is 5.73 Å². The van der Waals surface area contributed by atoms with Gasteiger partial charge in [-0.2, -0.15) is 0 Å². The minimum Gasteiger partial charge on any atom is -0.389 e. The zero-order valence-electron chi connectivity index (χ0n) is 10.7. The van der Waals surface area contributed by atoms with E-state index in [2.05, 4.69) is 4.98 Å². The lowest BCUT2D eigenvalue weighted by atomic mass is 10.2. The van der Waals surface area contributed by atoms with Crippen molar-refractivity contribution in [2.45, 2.75) is 13.2 Å². The first-order chi connectivity index (χ1) is 7.16. The van der Waals surface area contributed by atoms with Crippen LogP contribution in [0.4, 0.5) is 0 Å². The Balaban J connectivity index is 3.24. The molecule has 0 saturated carbocycles. The molecule has 0 aliphatic heterocycles. The van der Waals surface area contributed by atoms with E-state index in [1.807, 2.05) is 0 Å². The molecular formula is C8H10N2S. The third kappa shape index (κ3) is 1.98. The Morgan fingerprint density at radius 1 is 2.00 bits per heavy atom. The highest BCUT2D eigenvalue weighted by Gasteiger charge is 1.96. The second-order valence-corrected chi connectivity index (χ2v) is 2.36. The molecule has 1 aromatic heterocycles. The second-order valence-electron chi connectivity index (χ2n) is 1.92. The predicted molar refractivity (Wildman–Crippen MR) is 49.5 cm³/mol. The predicted octanol–water partition coefficient (Wildman–Crippen LogP) is 1.28. The van der Waals surface area contributed by atoms with Crippen LogP contribution in [0.5, 0.6) is 0 Å². The van der Waals surface area contributed by atoms with E-state index in [0.717, 1.165) is 0 Å². The van der Waals surface area contributed by atoms with E-state index in [9.17, 15) is 0 Å². The van der Waals surface area contributed by atoms with Crippen LogP contribution in [0.15, 0.2) is 18.3 Å². The van der Waals surface area contributed by atoms with Crippen LogP contribution in [0.3, 0.4) is 0 Å². The van der Waals surface area contributed by atoms with Crippen LogP contribution < -0.4 is 5.73 Å². The summed E-state index contributed by atoms with van der Waals surface area (Å²) in [5, 5.41) is 0. The first-order valence-electron chi connectivity index (χ1n) is 5.42. The highest BCUT2D eigenvalue weighted by Crippen LogP contribution is 2.01. The zero-order chi connectivity index (χ0) is 12.6. The largest absolute Gasteiger partial charge is 0.389 e. The lowest BCUT2D eigenvalue weighted by Crippen LogP contribution is -2.09. The minimum atomic E-state index is -2.78. The van der Waals surface area contributed by atoms with Gasteiger partial charge in [-0.05, 0) is 18.5 Å². The van der Waals surface area contributed by atoms with Gasteiger partial charge >= 0.3 is 0 Å². The lowest BCUT2D eigenvalue weighted by Gasteiger charge is -1.99. The minimum absolute atomic E-state index is 0.0741. The summed E-state index contributed by atoms with van der Waals surface area (Å²) in [6.45, 7) is -2.78. The Labute approximate surface area is 78.5 Å². The number of hydrogen-bond acceptors (Lipinski definition) is 2. The summed E-state index contributed by atoms with van der Waals surface area (Å²) < 4.78 is 36.3. The first-order valence-corrected chi connectivity index (χ1v) is 3.33. The summed E-state index contributed by atoms with van der Waals surface area (Å²) in [6, 6.07) is 2.76. The van der Waals surface area contributed by atoms with Crippen LogP contribution in [-0.2, 0) is 6.37 Å². The Bertz CT molecular complexity index is 415. The number of nitrogens with zero attached hydrogens (tertiary/aromatic N) is 1. The summed E-state index contributed by atoms with van der Waals surface area (Å²) in [5.41, 5.74) is 5.58. The Kier molecular flexibility index (Phi) is 1.13. The molecule has 0 bridgehead atoms. The van der Waals surface area contributed by atoms with Gasteiger partial charge in [-0.25, -0.2) is 0 Å². The topological polar surface area (TPSA) is 38.9 Å². The molecule has 0 unspecified atom stereocenters. The molecule has 1 rings (SSSR count). The SMILES string of the molecule is [2H]C([2H])([2H])C([2H])([2H])c1cc(C(N)=S)ccn1. The molecule has 0 aromatic carbocycles. The molecule has 0 aliphatic rings. The van der Waals surface area contributed by atoms with E-state index < -0.39 is 13.2 Å². The number of nitrogens with two attached hydrogens (primary N) is 1. The third-order valence-corrected chi connectivity index (χ3v) is 1.41. The maximum absolute atomic E-state index is 7.51. The number of aryl methyl sites for hydroxylation is 1. The molecule has 0 aliphatic carbocycles. The fourth-order valence-corrected chi connectivity index (χ4v) is 0.779. The van der Waals surface area contributed by atoms with Crippen LogP contribution >= 0.6 is 12.2 Å². The maximum atomic E-state index is 7.51. The fraction of sp³-hybridized carbons (Fsp3) is 0.250. The molecule has 1 aromatic rings. The van der Waals surface area contributed by atoms with Gasteiger partial charge in [-0.3, -0.25) is 4.98 Å². The van der Waals surface area contributed by atoms with Crippen molar-refractivity contribution in [1.29, 1.82) is 0 Å². The van der Waals surface area contributed by atoms with Crippen molar-refractivity contribution in [3.8, 4) is 0 Å². The van der Waals surface area contributed by atoms with Crippen LogP contribution in [0.1, 0.15) is 25.0 Å². The van der Waals surface area contributed by atoms with Crippen LogP contribution in [-0.4, -0.2) is 9.97 Å². The van der Waals surface area contributed by atoms with Gasteiger partial charge in [-0.1, -0.05) is 19.1 Å². The van der Waals surface area contributed by atoms with Crippen molar-refractivity contribution in [3.63, 3.8) is 0 Å². The van der Waals surface area contributed by atoms with Gasteiger partial charge in [0.2, 0.25) is 0 Å². The van der Waals surface area contributed by atoms with E-state index in [4.69, 9.17) is 24.8 Å². The summed E-state index contributed by atoms with van der Waals surface area (Å²) in [6.07, 6.45) is -1.23. The molecule has 2 N–H and O–H groups in total. The fourth-order valence-electron chi connectivity index (χ4n) is 0.652. The van der Waals surface area contributed by atoms with Crippen molar-refractivity contribution >= 4 is 17.2 Å². The molecule has 0 amide bonds. The van der Waals surface area contributed by atoms with Crippen molar-refractivity contribution < 1.29 is 6.85 Å². The molecule has 0 fully saturated rings. The summed E-state index contributed by atoms with van der Waals surface area (Å²) >= 11 is 4.72. The van der Waals surface area contributed by atoms with E-state index in [1.54, 1.807) is 0 Å². The summed E-state index contributed by atoms with van der Waals surface area (Å²) in [4.78, 5) is 3.78. The lowest BCUT2D eigenvalue weighted by molar-refractivity contribution is 1.03. The molecule has 0 saturated heterocycles. The summed E-state index contributed by atoms with van der Waals surface area (Å²) in [5.74, 6) is 0. The van der Waals surface area contributed by atoms with Crippen LogP contribution in [0.2, 0.25) is 0 Å². The molecule has 58 valence electrons. The average Bonchev–Trinajstić information content (AvgIpc) is 2.16. The number of hydrogen-bond donors (Lipinski definition) is 1. The molecule has 0 radical (unpaired) electrons. The van der Waals surface area contributed by atoms with Crippen molar-refractivity contribution in [3.05, 3.63) is 29.6 Å². The molecule has 0 spiro atoms. The molecule has 11 heavy (non-hydrogen) atoms. The molecule has 2 nitrogen and oxygen atoms in total. The van der Waals surface area contributed by atoms with Crippen LogP contribution in [0, 0.1) is 0 Å². The second kappa shape index (κ2) is 3.44. The van der Waals surface area contributed by atoms with Gasteiger partial charge in [0.25, 0.3) is 0 Å². The van der Waals surface area contributed by atoms with Crippen molar-refractivity contribution in [1.82, 2.24) is 4.98 Å². The number of aromatic nitrogens is 1. The van der Waals surface area contributed by atoms with Gasteiger partial charge in [0.05, 0.1) is 0 Å². The Morgan fingerprint density at radius 3 is 3.45 bits per heavy atom. The van der Waals surface area contributed by atoms with Gasteiger partial charge < -0.3 is 5.73 Å². The quantitative estimate of drug-likeness (QED) is 0.681. The van der Waals surface area contributed by atoms with E-state index in [0.29, 0.717) is 5.56 Å². The first kappa shape index (κ1) is 3.63. The summed E-state index contributed by atoms with van der Waals surface area (Å²) in [7, 11) is 0. The molecular weight excluding hydrogens is 156 g/mol. The normalized spacial score (nSPS) is 18.7. The molecule has 3 heteroatoms. The third-order valence-electron chi connectivity index (χ3n) is 1.17. The van der Waals surface area contributed by atoms with Gasteiger partial charge in [0.15, 0.2) is 0 Å². The van der Waals surface area contributed by atoms with Crippen molar-refractivity contribution in [2.75, 3.05) is 0 Å². The van der Waals surface area contributed by atoms with Crippen LogP contribution in [0.25, 0.3) is 0 Å². The van der Waals surface area contributed by atoms with Gasteiger partial charge in [0, 0.05) is 24.3 Å². The number of thiocarbonyl (C=S) groups is 1. The average molecular weight is 171 g/mol. The standard InChI is InChI=1S/C8H10N2S/c1-2-7-5-6(8(9)11)3-4-10-7/h3-5H,2H2,1H3,(H2,9,11)/i1D3,2D2. The van der Waals surface area contributed by atoms with Gasteiger partial charge in [0.1, 0.15) is 4.99 Å². The monoisotopic (exact) mass is 171 g/mol. The number of rotatable bonds is 2. The van der Waals surface area contributed by atoms with E-state index in [-0.39, 0.29) is 10.7 Å². The van der Waals surface area contributed by atoms with E-state index >= 15 is 0 Å². The number of pyridine rings is 1.